The first kappa shape index (κ1) is 23.3. The molecule has 0 fully saturated rings. The molecule has 0 saturated heterocycles. The van der Waals surface area contributed by atoms with E-state index >= 15 is 0 Å². The van der Waals surface area contributed by atoms with Crippen LogP contribution in [0.5, 0.6) is 0 Å². The van der Waals surface area contributed by atoms with E-state index in [0.29, 0.717) is 17.5 Å². The molecule has 2 aromatic heterocycles. The zero-order valence-corrected chi connectivity index (χ0v) is 22.0. The molecule has 2 heterocycles. The molecular weight excluding hydrogens is 502 g/mol. The number of furan rings is 1. The SMILES string of the molecule is c1ccc(-c2nc(-c3ccccc3)nc(-c3cc4oc5c(-c6ccccc6)cccc5c4c4ccccc34)n2)cc1. The highest BCUT2D eigenvalue weighted by atomic mass is 16.3. The van der Waals surface area contributed by atoms with Crippen molar-refractivity contribution in [1.82, 2.24) is 15.0 Å². The van der Waals surface area contributed by atoms with Gasteiger partial charge in [0.2, 0.25) is 0 Å². The summed E-state index contributed by atoms with van der Waals surface area (Å²) in [6, 6.07) is 47.4. The van der Waals surface area contributed by atoms with Crippen molar-refractivity contribution in [3.63, 3.8) is 0 Å². The van der Waals surface area contributed by atoms with Gasteiger partial charge in [0.25, 0.3) is 0 Å². The summed E-state index contributed by atoms with van der Waals surface area (Å²) in [6.07, 6.45) is 0. The third kappa shape index (κ3) is 3.97. The minimum absolute atomic E-state index is 0.611. The van der Waals surface area contributed by atoms with Crippen LogP contribution in [0.1, 0.15) is 0 Å². The first-order chi connectivity index (χ1) is 20.3. The van der Waals surface area contributed by atoms with Crippen LogP contribution in [-0.2, 0) is 0 Å². The third-order valence-corrected chi connectivity index (χ3v) is 7.53. The zero-order valence-electron chi connectivity index (χ0n) is 22.0. The lowest BCUT2D eigenvalue weighted by atomic mass is 9.97. The summed E-state index contributed by atoms with van der Waals surface area (Å²) in [6.45, 7) is 0. The molecule has 0 spiro atoms. The van der Waals surface area contributed by atoms with Gasteiger partial charge in [0.15, 0.2) is 17.5 Å². The van der Waals surface area contributed by atoms with Crippen LogP contribution in [0.25, 0.3) is 78.0 Å². The van der Waals surface area contributed by atoms with Crippen LogP contribution in [0.3, 0.4) is 0 Å². The highest BCUT2D eigenvalue weighted by Crippen LogP contribution is 2.42. The van der Waals surface area contributed by atoms with Crippen LogP contribution in [0.2, 0.25) is 0 Å². The van der Waals surface area contributed by atoms with Crippen LogP contribution in [0, 0.1) is 0 Å². The van der Waals surface area contributed by atoms with E-state index in [9.17, 15) is 0 Å². The van der Waals surface area contributed by atoms with E-state index in [-0.39, 0.29) is 0 Å². The fourth-order valence-electron chi connectivity index (χ4n) is 5.62. The first-order valence-corrected chi connectivity index (χ1v) is 13.6. The topological polar surface area (TPSA) is 51.8 Å². The normalized spacial score (nSPS) is 11.4. The lowest BCUT2D eigenvalue weighted by molar-refractivity contribution is 0.670. The van der Waals surface area contributed by atoms with Crippen LogP contribution in [0.4, 0.5) is 0 Å². The molecule has 0 atom stereocenters. The summed E-state index contributed by atoms with van der Waals surface area (Å²) < 4.78 is 6.67. The Morgan fingerprint density at radius 3 is 1.54 bits per heavy atom. The lowest BCUT2D eigenvalue weighted by Gasteiger charge is -2.11. The molecule has 4 heteroatoms. The Balaban J connectivity index is 1.43. The Bertz CT molecular complexity index is 2130. The molecule has 0 aliphatic heterocycles. The first-order valence-electron chi connectivity index (χ1n) is 13.6. The molecule has 0 aliphatic rings. The van der Waals surface area contributed by atoms with Crippen molar-refractivity contribution in [1.29, 1.82) is 0 Å². The number of aromatic nitrogens is 3. The summed E-state index contributed by atoms with van der Waals surface area (Å²) >= 11 is 0. The average Bonchev–Trinajstić information content (AvgIpc) is 3.44. The molecule has 41 heavy (non-hydrogen) atoms. The number of rotatable bonds is 4. The molecule has 6 aromatic carbocycles. The molecule has 0 radical (unpaired) electrons. The van der Waals surface area contributed by atoms with Gasteiger partial charge in [-0.25, -0.2) is 15.0 Å². The van der Waals surface area contributed by atoms with Gasteiger partial charge in [0.05, 0.1) is 0 Å². The van der Waals surface area contributed by atoms with E-state index in [1.807, 2.05) is 66.7 Å². The number of fused-ring (bicyclic) bond motifs is 5. The molecule has 0 bridgehead atoms. The Morgan fingerprint density at radius 1 is 0.390 bits per heavy atom. The van der Waals surface area contributed by atoms with Gasteiger partial charge < -0.3 is 4.42 Å². The minimum Gasteiger partial charge on any atom is -0.455 e. The number of hydrogen-bond acceptors (Lipinski definition) is 4. The van der Waals surface area contributed by atoms with Gasteiger partial charge in [-0.2, -0.15) is 0 Å². The number of nitrogens with zero attached hydrogens (tertiary/aromatic N) is 3. The van der Waals surface area contributed by atoms with E-state index < -0.39 is 0 Å². The Kier molecular flexibility index (Phi) is 5.42. The molecular formula is C37H23N3O. The van der Waals surface area contributed by atoms with E-state index in [1.54, 1.807) is 0 Å². The van der Waals surface area contributed by atoms with Gasteiger partial charge in [-0.15, -0.1) is 0 Å². The van der Waals surface area contributed by atoms with E-state index in [0.717, 1.165) is 60.5 Å². The van der Waals surface area contributed by atoms with Gasteiger partial charge in [0.1, 0.15) is 11.2 Å². The Morgan fingerprint density at radius 2 is 0.902 bits per heavy atom. The predicted molar refractivity (Wildman–Crippen MR) is 166 cm³/mol. The minimum atomic E-state index is 0.611. The number of benzene rings is 6. The quantitative estimate of drug-likeness (QED) is 0.230. The van der Waals surface area contributed by atoms with Crippen molar-refractivity contribution < 1.29 is 4.42 Å². The lowest BCUT2D eigenvalue weighted by Crippen LogP contribution is -2.00. The maximum absolute atomic E-state index is 6.67. The summed E-state index contributed by atoms with van der Waals surface area (Å²) in [7, 11) is 0. The second-order valence-electron chi connectivity index (χ2n) is 10.0. The summed E-state index contributed by atoms with van der Waals surface area (Å²) in [4.78, 5) is 14.9. The van der Waals surface area contributed by atoms with Gasteiger partial charge in [-0.05, 0) is 22.4 Å². The molecule has 0 aliphatic carbocycles. The zero-order chi connectivity index (χ0) is 27.2. The van der Waals surface area contributed by atoms with Crippen LogP contribution in [0.15, 0.2) is 144 Å². The summed E-state index contributed by atoms with van der Waals surface area (Å²) in [5, 5.41) is 4.36. The molecule has 0 amide bonds. The predicted octanol–water partition coefficient (Wildman–Crippen LogP) is 9.59. The second kappa shape index (κ2) is 9.54. The van der Waals surface area contributed by atoms with Crippen LogP contribution < -0.4 is 0 Å². The Labute approximate surface area is 236 Å². The Hall–Kier alpha value is -5.61. The smallest absolute Gasteiger partial charge is 0.164 e. The average molecular weight is 526 g/mol. The second-order valence-corrected chi connectivity index (χ2v) is 10.0. The van der Waals surface area contributed by atoms with E-state index in [1.165, 1.54) is 0 Å². The van der Waals surface area contributed by atoms with Crippen molar-refractivity contribution in [3.05, 3.63) is 140 Å². The molecule has 0 unspecified atom stereocenters. The van der Waals surface area contributed by atoms with Crippen molar-refractivity contribution >= 4 is 32.7 Å². The van der Waals surface area contributed by atoms with Crippen molar-refractivity contribution in [2.24, 2.45) is 0 Å². The largest absolute Gasteiger partial charge is 0.455 e. The molecule has 0 N–H and O–H groups in total. The maximum Gasteiger partial charge on any atom is 0.164 e. The summed E-state index contributed by atoms with van der Waals surface area (Å²) in [5.41, 5.74) is 6.67. The van der Waals surface area contributed by atoms with Gasteiger partial charge >= 0.3 is 0 Å². The van der Waals surface area contributed by atoms with Gasteiger partial charge in [-0.1, -0.05) is 133 Å². The van der Waals surface area contributed by atoms with E-state index in [4.69, 9.17) is 19.4 Å². The molecule has 4 nitrogen and oxygen atoms in total. The highest BCUT2D eigenvalue weighted by molar-refractivity contribution is 6.23. The fraction of sp³-hybridized carbons (Fsp3) is 0. The highest BCUT2D eigenvalue weighted by Gasteiger charge is 2.20. The monoisotopic (exact) mass is 525 g/mol. The third-order valence-electron chi connectivity index (χ3n) is 7.53. The molecule has 8 rings (SSSR count). The number of hydrogen-bond donors (Lipinski definition) is 0. The standard InChI is InChI=1S/C37H23N3O/c1-4-13-24(14-5-1)27-21-12-22-30-33-29-20-11-10-19-28(29)31(23-32(33)41-34(27)30)37-39-35(25-15-6-2-7-16-25)38-36(40-37)26-17-8-3-9-18-26/h1-23H. The van der Waals surface area contributed by atoms with Gasteiger partial charge in [-0.3, -0.25) is 0 Å². The van der Waals surface area contributed by atoms with Crippen molar-refractivity contribution in [2.75, 3.05) is 0 Å². The molecule has 192 valence electrons. The number of para-hydroxylation sites is 1. The maximum atomic E-state index is 6.67. The van der Waals surface area contributed by atoms with Gasteiger partial charge in [0, 0.05) is 33.0 Å². The van der Waals surface area contributed by atoms with Crippen LogP contribution >= 0.6 is 0 Å². The van der Waals surface area contributed by atoms with Crippen LogP contribution in [-0.4, -0.2) is 15.0 Å². The van der Waals surface area contributed by atoms with Crippen molar-refractivity contribution in [3.8, 4) is 45.3 Å². The summed E-state index contributed by atoms with van der Waals surface area (Å²) in [5.74, 6) is 1.88. The van der Waals surface area contributed by atoms with E-state index in [2.05, 4.69) is 72.8 Å². The van der Waals surface area contributed by atoms with Crippen molar-refractivity contribution in [2.45, 2.75) is 0 Å². The fourth-order valence-corrected chi connectivity index (χ4v) is 5.62. The molecule has 8 aromatic rings. The molecule has 0 saturated carbocycles.